The highest BCUT2D eigenvalue weighted by atomic mass is 35.5. The Kier molecular flexibility index (Phi) is 19.2. The zero-order valence-electron chi connectivity index (χ0n) is 48.0. The first kappa shape index (κ1) is 63.5. The molecule has 27 heteroatoms. The predicted molar refractivity (Wildman–Crippen MR) is 317 cm³/mol. The largest absolute Gasteiger partial charge is 0.508 e. The Labute approximate surface area is 517 Å². The number of benzene rings is 6. The van der Waals surface area contributed by atoms with E-state index in [-0.39, 0.29) is 93.8 Å². The number of hydrogen-bond acceptors (Lipinski definition) is 18. The maximum Gasteiger partial charge on any atom is 0.408 e. The van der Waals surface area contributed by atoms with Crippen molar-refractivity contribution in [3.05, 3.63) is 153 Å². The summed E-state index contributed by atoms with van der Waals surface area (Å²) in [5.41, 5.74) is -1.44. The first-order valence-electron chi connectivity index (χ1n) is 27.8. The first-order valence-corrected chi connectivity index (χ1v) is 28.5. The van der Waals surface area contributed by atoms with Crippen molar-refractivity contribution in [2.75, 3.05) is 13.7 Å². The van der Waals surface area contributed by atoms with Crippen LogP contribution in [0.15, 0.2) is 109 Å². The molecule has 0 aromatic heterocycles. The minimum atomic E-state index is -2.11. The number of phenolic OH excluding ortho intramolecular Hbond substituents is 4. The molecule has 11 bridgehead atoms. The minimum Gasteiger partial charge on any atom is -0.508 e. The summed E-state index contributed by atoms with van der Waals surface area (Å²) in [6.45, 7) is 4.91. The van der Waals surface area contributed by atoms with Gasteiger partial charge >= 0.3 is 18.2 Å². The molecule has 0 saturated heterocycles. The molecule has 6 aromatic carbocycles. The summed E-state index contributed by atoms with van der Waals surface area (Å²) < 4.78 is 28.4. The van der Waals surface area contributed by atoms with Crippen LogP contribution in [0.25, 0.3) is 11.1 Å². The number of esters is 1. The van der Waals surface area contributed by atoms with Crippen molar-refractivity contribution in [3.8, 4) is 57.1 Å². The van der Waals surface area contributed by atoms with Gasteiger partial charge in [0.05, 0.1) is 17.2 Å². The van der Waals surface area contributed by atoms with Crippen molar-refractivity contribution < 1.29 is 87.6 Å². The number of phenols is 4. The number of amides is 7. The molecule has 0 fully saturated rings. The van der Waals surface area contributed by atoms with Gasteiger partial charge in [-0.15, -0.1) is 0 Å². The average Bonchev–Trinajstić information content (AvgIpc) is 0.853. The summed E-state index contributed by atoms with van der Waals surface area (Å²) in [6.07, 6.45) is -3.94. The molecule has 6 aromatic rings. The van der Waals surface area contributed by atoms with Crippen LogP contribution in [0.4, 0.5) is 9.59 Å². The van der Waals surface area contributed by atoms with Gasteiger partial charge < -0.3 is 86.4 Å². The number of halogens is 2. The number of alkyl carbamates (subject to hydrolysis) is 2. The molecule has 5 heterocycles. The van der Waals surface area contributed by atoms with Crippen molar-refractivity contribution >= 4 is 70.9 Å². The van der Waals surface area contributed by atoms with E-state index in [1.54, 1.807) is 51.1 Å². The predicted octanol–water partition coefficient (Wildman–Crippen LogP) is 6.99. The van der Waals surface area contributed by atoms with E-state index in [1.165, 1.54) is 42.5 Å². The summed E-state index contributed by atoms with van der Waals surface area (Å²) in [4.78, 5) is 115. The lowest BCUT2D eigenvalue weighted by Gasteiger charge is -2.31. The smallest absolute Gasteiger partial charge is 0.408 e. The number of methoxy groups -OCH3 is 1. The van der Waals surface area contributed by atoms with Gasteiger partial charge in [0.15, 0.2) is 17.5 Å². The second-order valence-electron chi connectivity index (χ2n) is 22.0. The molecule has 7 atom stereocenters. The fourth-order valence-corrected chi connectivity index (χ4v) is 10.5. The number of rotatable bonds is 9. The normalized spacial score (nSPS) is 20.1. The van der Waals surface area contributed by atoms with Gasteiger partial charge in [0.25, 0.3) is 0 Å². The van der Waals surface area contributed by atoms with E-state index in [4.69, 9.17) is 46.9 Å². The third-order valence-corrected chi connectivity index (χ3v) is 15.0. The van der Waals surface area contributed by atoms with Gasteiger partial charge in [0.1, 0.15) is 77.3 Å². The van der Waals surface area contributed by atoms with E-state index in [1.807, 2.05) is 0 Å². The number of unbranched alkanes of at least 4 members (excludes halogenated alkanes) is 1. The van der Waals surface area contributed by atoms with Gasteiger partial charge in [-0.25, -0.2) is 14.4 Å². The number of carbonyl (C=O) groups excluding carboxylic acids is 8. The van der Waals surface area contributed by atoms with Crippen LogP contribution in [-0.4, -0.2) is 111 Å². The number of carbonyl (C=O) groups is 8. The molecule has 0 spiro atoms. The van der Waals surface area contributed by atoms with E-state index in [9.17, 15) is 49.5 Å². The van der Waals surface area contributed by atoms with Crippen LogP contribution < -0.4 is 46.7 Å². The lowest BCUT2D eigenvalue weighted by molar-refractivity contribution is -0.146. The van der Waals surface area contributed by atoms with Crippen LogP contribution in [0.1, 0.15) is 97.6 Å². The monoisotopic (exact) mass is 1260 g/mol. The molecule has 466 valence electrons. The van der Waals surface area contributed by atoms with E-state index < -0.39 is 130 Å². The summed E-state index contributed by atoms with van der Waals surface area (Å²) in [6, 6.07) is 13.1. The highest BCUT2D eigenvalue weighted by molar-refractivity contribution is 6.32. The summed E-state index contributed by atoms with van der Waals surface area (Å²) in [5.74, 6) is -10.8. The molecule has 0 radical (unpaired) electrons. The molecule has 89 heavy (non-hydrogen) atoms. The number of hydrogen-bond donors (Lipinski definition) is 12. The zero-order chi connectivity index (χ0) is 64.0. The van der Waals surface area contributed by atoms with Crippen molar-refractivity contribution in [2.24, 2.45) is 0 Å². The molecule has 0 saturated carbocycles. The summed E-state index contributed by atoms with van der Waals surface area (Å²) >= 11 is 13.7. The van der Waals surface area contributed by atoms with Gasteiger partial charge in [-0.3, -0.25) is 24.0 Å². The number of aliphatic hydroxyl groups is 1. The van der Waals surface area contributed by atoms with Crippen LogP contribution in [0.3, 0.4) is 0 Å². The molecular formula is C62H61Cl2N7O18. The maximum absolute atomic E-state index is 15.7. The molecule has 12 N–H and O–H groups in total. The third-order valence-electron chi connectivity index (χ3n) is 14.4. The fraction of sp³-hybridized carbons (Fsp3) is 0.290. The number of ether oxygens (including phenoxy) is 5. The van der Waals surface area contributed by atoms with E-state index >= 15 is 14.4 Å². The Morgan fingerprint density at radius 2 is 1.30 bits per heavy atom. The first-order chi connectivity index (χ1) is 42.3. The van der Waals surface area contributed by atoms with Crippen molar-refractivity contribution in [3.63, 3.8) is 0 Å². The molecule has 0 aliphatic carbocycles. The molecule has 7 amide bonds. The summed E-state index contributed by atoms with van der Waals surface area (Å²) in [5, 5.41) is 75.8. The average molecular weight is 1260 g/mol. The molecule has 11 rings (SSSR count). The number of aliphatic hydroxyl groups excluding tert-OH is 1. The van der Waals surface area contributed by atoms with Crippen molar-refractivity contribution in [2.45, 2.75) is 101 Å². The second kappa shape index (κ2) is 27.0. The molecule has 5 aliphatic heterocycles. The van der Waals surface area contributed by atoms with E-state index in [0.717, 1.165) is 43.5 Å². The molecule has 25 nitrogen and oxygen atoms in total. The quantitative estimate of drug-likeness (QED) is 0.0394. The van der Waals surface area contributed by atoms with Crippen molar-refractivity contribution in [1.29, 1.82) is 0 Å². The summed E-state index contributed by atoms with van der Waals surface area (Å²) in [7, 11) is 0.978. The van der Waals surface area contributed by atoms with Crippen LogP contribution in [0, 0.1) is 0 Å². The van der Waals surface area contributed by atoms with Crippen LogP contribution in [0.5, 0.6) is 46.0 Å². The molecule has 5 aliphatic rings. The maximum atomic E-state index is 15.7. The topological polar surface area (TPSA) is 368 Å². The van der Waals surface area contributed by atoms with Crippen LogP contribution in [0.2, 0.25) is 10.0 Å². The Morgan fingerprint density at radius 1 is 0.652 bits per heavy atom. The van der Waals surface area contributed by atoms with Gasteiger partial charge in [-0.05, 0) is 122 Å². The van der Waals surface area contributed by atoms with Gasteiger partial charge in [-0.1, -0.05) is 71.7 Å². The van der Waals surface area contributed by atoms with E-state index in [0.29, 0.717) is 11.1 Å². The lowest BCUT2D eigenvalue weighted by atomic mass is 9.89. The Morgan fingerprint density at radius 3 is 1.98 bits per heavy atom. The fourth-order valence-electron chi connectivity index (χ4n) is 10.1. The SMILES string of the molecule is COC(=O)[C@H]1NC(=O)[C@H]2NC(=O)[C@H](NC(=O)[C@@H]3NC(=O)[C@H](CCCCNC(=O)OC(C)(C)C)NC(=O)[C@H](NC(=O)OCc4ccccc4)Cc4ccc(c(Cl)c4)Oc4cc3cc(c4O)Oc3ccc(cc3Cl)[C@H]2O)c2ccc(O)c(c2)-c2c(O)cc(O)cc21. The Bertz CT molecular complexity index is 3770. The third kappa shape index (κ3) is 15.1. The minimum absolute atomic E-state index is 0.0454. The molecular weight excluding hydrogens is 1200 g/mol. The zero-order valence-corrected chi connectivity index (χ0v) is 49.5. The highest BCUT2D eigenvalue weighted by Gasteiger charge is 2.41. The number of aromatic hydroxyl groups is 4. The van der Waals surface area contributed by atoms with E-state index in [2.05, 4.69) is 37.2 Å². The van der Waals surface area contributed by atoms with Gasteiger partial charge in [-0.2, -0.15) is 0 Å². The standard InChI is InChI=1S/C62H61Cl2N7O18/c1-62(2,3)89-60(83)65-19-9-8-12-39-54(77)68-49-33-24-45(87-43-17-13-30(20-37(43)63)21-40(55(78)66-39)67-61(84)86-28-29-10-6-5-7-11-29)53(76)46(25-33)88-44-18-15-32(23-38(44)64)52(75)51-58(81)70-50(59(82)85-4)36-26-34(72)27-42(74)47(36)35-22-31(14-16-41(35)73)48(56(79)71-51)69-57(49)80/h5-7,10-11,13-18,20,22-27,39-40,48-52,72-76H,8-9,12,19,21,28H2,1-4H3,(H,65,83)(H,66,78)(H,67,84)(H,68,77)(H,69,80)(H,70,81)(H,71,79)/t39-,40+,48+,49+,50-,51-,52+/m0/s1. The van der Waals surface area contributed by atoms with Crippen LogP contribution >= 0.6 is 23.2 Å². The second-order valence-corrected chi connectivity index (χ2v) is 22.8. The van der Waals surface area contributed by atoms with Crippen LogP contribution in [-0.2, 0) is 56.0 Å². The lowest BCUT2D eigenvalue weighted by Crippen LogP contribution is -2.56. The number of fused-ring (bicyclic) bond motifs is 15. The Balaban J connectivity index is 1.20. The van der Waals surface area contributed by atoms with Gasteiger partial charge in [0, 0.05) is 35.7 Å². The Hall–Kier alpha value is -9.98. The molecule has 0 unspecified atom stereocenters. The number of nitrogens with one attached hydrogen (secondary N) is 7. The van der Waals surface area contributed by atoms with Gasteiger partial charge in [0.2, 0.25) is 35.3 Å². The van der Waals surface area contributed by atoms with Crippen molar-refractivity contribution in [1.82, 2.24) is 37.2 Å². The highest BCUT2D eigenvalue weighted by Crippen LogP contribution is 2.47.